The Balaban J connectivity index is 1.20. The van der Waals surface area contributed by atoms with E-state index in [0.29, 0.717) is 12.8 Å². The predicted molar refractivity (Wildman–Crippen MR) is 229 cm³/mol. The van der Waals surface area contributed by atoms with E-state index in [4.69, 9.17) is 27.1 Å². The molecule has 9 nitrogen and oxygen atoms in total. The van der Waals surface area contributed by atoms with E-state index >= 15 is 0 Å². The fourth-order valence-corrected chi connectivity index (χ4v) is 14.2. The molecule has 4 aliphatic carbocycles. The van der Waals surface area contributed by atoms with Gasteiger partial charge in [0.15, 0.2) is 11.2 Å². The summed E-state index contributed by atoms with van der Waals surface area (Å²) in [5, 5.41) is 6.11. The summed E-state index contributed by atoms with van der Waals surface area (Å²) in [6.45, 7) is 10.1. The first-order valence-corrected chi connectivity index (χ1v) is 22.8. The van der Waals surface area contributed by atoms with Crippen molar-refractivity contribution in [1.82, 2.24) is 0 Å². The third-order valence-corrected chi connectivity index (χ3v) is 16.8. The van der Waals surface area contributed by atoms with Crippen LogP contribution in [0.25, 0.3) is 43.5 Å². The highest BCUT2D eigenvalue weighted by atomic mass is 31.1. The van der Waals surface area contributed by atoms with Gasteiger partial charge in [0, 0.05) is 47.2 Å². The fraction of sp³-hybridized carbons (Fsp3) is 0.531. The number of methoxy groups -OCH3 is 1. The molecule has 312 valence electrons. The smallest absolute Gasteiger partial charge is 0.387 e. The number of benzene rings is 4. The van der Waals surface area contributed by atoms with E-state index in [1.807, 2.05) is 24.3 Å². The largest absolute Gasteiger partial charge is 0.469 e. The van der Waals surface area contributed by atoms with Crippen molar-refractivity contribution in [3.63, 3.8) is 0 Å². The first-order valence-electron chi connectivity index (χ1n) is 21.7. The highest BCUT2D eigenvalue weighted by Gasteiger charge is 2.67. The minimum atomic E-state index is -1.96. The summed E-state index contributed by atoms with van der Waals surface area (Å²) in [5.74, 6) is 0.454. The number of esters is 3. The summed E-state index contributed by atoms with van der Waals surface area (Å²) in [7, 11) is -0.515. The van der Waals surface area contributed by atoms with E-state index in [-0.39, 0.29) is 82.6 Å². The Labute approximate surface area is 347 Å². The molecule has 4 saturated carbocycles. The topological polar surface area (TPSA) is 114 Å². The lowest BCUT2D eigenvalue weighted by Crippen LogP contribution is -2.63. The molecule has 0 radical (unpaired) electrons. The summed E-state index contributed by atoms with van der Waals surface area (Å²) in [5.41, 5.74) is 1.10. The maximum atomic E-state index is 13.0. The van der Waals surface area contributed by atoms with Crippen molar-refractivity contribution < 1.29 is 41.5 Å². The van der Waals surface area contributed by atoms with Crippen molar-refractivity contribution in [2.24, 2.45) is 46.3 Å². The van der Waals surface area contributed by atoms with Gasteiger partial charge in [-0.15, -0.1) is 0 Å². The van der Waals surface area contributed by atoms with Gasteiger partial charge in [0.25, 0.3) is 0 Å². The molecule has 10 heteroatoms. The Hall–Kier alpha value is -4.33. The van der Waals surface area contributed by atoms with E-state index in [0.717, 1.165) is 88.4 Å². The monoisotopic (exact) mass is 820 g/mol. The van der Waals surface area contributed by atoms with E-state index < -0.39 is 8.24 Å². The van der Waals surface area contributed by atoms with Crippen LogP contribution in [-0.4, -0.2) is 43.3 Å². The molecule has 0 N–H and O–H groups in total. The van der Waals surface area contributed by atoms with Gasteiger partial charge in [-0.3, -0.25) is 18.9 Å². The van der Waals surface area contributed by atoms with Gasteiger partial charge in [0.2, 0.25) is 0 Å². The van der Waals surface area contributed by atoms with Crippen LogP contribution in [0.15, 0.2) is 81.2 Å². The van der Waals surface area contributed by atoms with Gasteiger partial charge in [-0.1, -0.05) is 81.4 Å². The lowest BCUT2D eigenvalue weighted by Gasteiger charge is -2.64. The standard InChI is InChI=1S/C49H57O9P/c1-28(15-22-44(52)53-6)39-20-21-40-45-41(27-43(49(39,40)5)55-30(3)51)48(4)24-23-34(54-29(2)50)25-33(48)26-42(45)56-59-57-46-35-13-9-7-11-31(35)16-18-37(46)38-19-17-32-12-8-10-14-36(32)47(38)58-59/h7-14,16-19,28,33-34,39-43,45H,15,20-27H2,1-6H3/t28-,33+,34-,39-,40+,41+,42-,43+,45+,48+,49-/m1/s1. The number of fused-ring (bicyclic) bond motifs is 12. The molecule has 0 aliphatic heterocycles. The predicted octanol–water partition coefficient (Wildman–Crippen LogP) is 11.7. The molecule has 0 amide bonds. The van der Waals surface area contributed by atoms with E-state index in [2.05, 4.69) is 69.3 Å². The first-order chi connectivity index (χ1) is 28.4. The Kier molecular flexibility index (Phi) is 10.6. The molecule has 5 aromatic rings. The van der Waals surface area contributed by atoms with Crippen molar-refractivity contribution in [3.05, 3.63) is 72.8 Å². The van der Waals surface area contributed by atoms with Crippen molar-refractivity contribution in [3.8, 4) is 0 Å². The third kappa shape index (κ3) is 6.94. The van der Waals surface area contributed by atoms with Crippen LogP contribution in [0.3, 0.4) is 0 Å². The third-order valence-electron chi connectivity index (χ3n) is 15.7. The lowest BCUT2D eigenvalue weighted by molar-refractivity contribution is -0.212. The molecular weight excluding hydrogens is 764 g/mol. The first kappa shape index (κ1) is 40.1. The summed E-state index contributed by atoms with van der Waals surface area (Å²) < 4.78 is 39.1. The number of hydrogen-bond acceptors (Lipinski definition) is 9. The normalized spacial score (nSPS) is 31.9. The number of carbonyl (C=O) groups is 3. The molecule has 0 unspecified atom stereocenters. The molecule has 0 saturated heterocycles. The minimum Gasteiger partial charge on any atom is -0.469 e. The molecule has 1 aromatic heterocycles. The van der Waals surface area contributed by atoms with Crippen molar-refractivity contribution in [1.29, 1.82) is 0 Å². The number of hydrogen-bond donors (Lipinski definition) is 0. The number of ether oxygens (including phenoxy) is 3. The summed E-state index contributed by atoms with van der Waals surface area (Å²) in [6.07, 6.45) is 6.34. The Morgan fingerprint density at radius 3 is 2.00 bits per heavy atom. The van der Waals surface area contributed by atoms with Crippen molar-refractivity contribution in [2.45, 2.75) is 111 Å². The average molecular weight is 821 g/mol. The second kappa shape index (κ2) is 15.6. The summed E-state index contributed by atoms with van der Waals surface area (Å²) in [4.78, 5) is 37.6. The average Bonchev–Trinajstić information content (AvgIpc) is 3.49. The van der Waals surface area contributed by atoms with E-state index in [1.165, 1.54) is 21.0 Å². The molecule has 9 rings (SSSR count). The van der Waals surface area contributed by atoms with Gasteiger partial charge in [0.1, 0.15) is 12.2 Å². The highest BCUT2D eigenvalue weighted by Crippen LogP contribution is 2.69. The van der Waals surface area contributed by atoms with Gasteiger partial charge in [-0.2, -0.15) is 0 Å². The Morgan fingerprint density at radius 1 is 0.763 bits per heavy atom. The van der Waals surface area contributed by atoms with Gasteiger partial charge in [0.05, 0.1) is 13.2 Å². The second-order valence-electron chi connectivity index (χ2n) is 18.6. The van der Waals surface area contributed by atoms with E-state index in [1.54, 1.807) is 0 Å². The molecule has 0 bridgehead atoms. The van der Waals surface area contributed by atoms with Gasteiger partial charge < -0.3 is 22.6 Å². The van der Waals surface area contributed by atoms with Crippen LogP contribution in [0, 0.1) is 46.3 Å². The summed E-state index contributed by atoms with van der Waals surface area (Å²) in [6, 6.07) is 25.2. The zero-order valence-corrected chi connectivity index (χ0v) is 36.0. The van der Waals surface area contributed by atoms with Crippen molar-refractivity contribution >= 4 is 69.6 Å². The molecule has 59 heavy (non-hydrogen) atoms. The Morgan fingerprint density at radius 2 is 1.39 bits per heavy atom. The van der Waals surface area contributed by atoms with Gasteiger partial charge in [-0.05, 0) is 115 Å². The van der Waals surface area contributed by atoms with Crippen LogP contribution in [0.1, 0.15) is 92.4 Å². The van der Waals surface area contributed by atoms with Crippen LogP contribution < -0.4 is 4.52 Å². The summed E-state index contributed by atoms with van der Waals surface area (Å²) >= 11 is 0. The zero-order valence-electron chi connectivity index (χ0n) is 35.1. The number of carbonyl (C=O) groups excluding carboxylic acids is 3. The second-order valence-corrected chi connectivity index (χ2v) is 19.6. The fourth-order valence-electron chi connectivity index (χ4n) is 13.0. The van der Waals surface area contributed by atoms with Crippen LogP contribution >= 0.6 is 8.24 Å². The molecule has 4 aliphatic rings. The Bertz CT molecular complexity index is 2380. The lowest BCUT2D eigenvalue weighted by atomic mass is 9.43. The molecule has 4 fully saturated rings. The maximum Gasteiger partial charge on any atom is 0.387 e. The van der Waals surface area contributed by atoms with E-state index in [9.17, 15) is 14.4 Å². The molecule has 1 heterocycles. The zero-order chi connectivity index (χ0) is 41.2. The van der Waals surface area contributed by atoms with Gasteiger partial charge in [-0.25, -0.2) is 0 Å². The van der Waals surface area contributed by atoms with Crippen LogP contribution in [-0.2, 0) is 28.6 Å². The van der Waals surface area contributed by atoms with Gasteiger partial charge >= 0.3 is 26.1 Å². The molecule has 4 aromatic carbocycles. The molecule has 0 spiro atoms. The molecular formula is C49H57O9P. The quantitative estimate of drug-likeness (QED) is 0.111. The van der Waals surface area contributed by atoms with Crippen LogP contribution in [0.4, 0.5) is 0 Å². The minimum absolute atomic E-state index is 0.0838. The van der Waals surface area contributed by atoms with Crippen LogP contribution in [0.5, 0.6) is 0 Å². The highest BCUT2D eigenvalue weighted by molar-refractivity contribution is 7.31. The SMILES string of the molecule is COC(=O)CC[C@@H](C)[C@H]1CC[C@H]2[C@@H]3[C@H](Op4oc5c6ccccc6ccc5c5ccc6ccccc6c5o4)C[C@@H]4C[C@H](OC(C)=O)CC[C@]4(C)[C@H]3C[C@H](OC(C)=O)[C@]12C. The van der Waals surface area contributed by atoms with Crippen LogP contribution in [0.2, 0.25) is 0 Å². The maximum absolute atomic E-state index is 13.0. The number of rotatable bonds is 8. The molecule has 11 atom stereocenters. The van der Waals surface area contributed by atoms with Crippen molar-refractivity contribution in [2.75, 3.05) is 7.11 Å².